The van der Waals surface area contributed by atoms with E-state index in [1.165, 1.54) is 23.5 Å². The quantitative estimate of drug-likeness (QED) is 0.337. The van der Waals surface area contributed by atoms with Crippen LogP contribution in [-0.4, -0.2) is 23.5 Å². The maximum absolute atomic E-state index is 12.7. The molecule has 0 saturated carbocycles. The van der Waals surface area contributed by atoms with E-state index in [1.807, 2.05) is 17.5 Å². The van der Waals surface area contributed by atoms with E-state index in [0.717, 1.165) is 17.0 Å². The molecule has 9 nitrogen and oxygen atoms in total. The van der Waals surface area contributed by atoms with Crippen molar-refractivity contribution in [3.63, 3.8) is 0 Å². The van der Waals surface area contributed by atoms with Gasteiger partial charge in [-0.3, -0.25) is 14.8 Å². The summed E-state index contributed by atoms with van der Waals surface area (Å²) in [5.74, 6) is 0.823. The molecule has 0 atom stereocenters. The molecule has 2 aromatic heterocycles. The largest absolute Gasteiger partial charge is 0.339 e. The summed E-state index contributed by atoms with van der Waals surface area (Å²) in [6.07, 6.45) is 0.233. The van der Waals surface area contributed by atoms with Crippen LogP contribution in [0.25, 0.3) is 10.7 Å². The van der Waals surface area contributed by atoms with Crippen molar-refractivity contribution in [2.24, 2.45) is 0 Å². The normalized spacial score (nSPS) is 11.3. The van der Waals surface area contributed by atoms with Crippen molar-refractivity contribution >= 4 is 32.7 Å². The first-order valence-electron chi connectivity index (χ1n) is 8.64. The fourth-order valence-electron chi connectivity index (χ4n) is 2.72. The van der Waals surface area contributed by atoms with Gasteiger partial charge in [0.05, 0.1) is 26.8 Å². The first kappa shape index (κ1) is 19.7. The number of nitrogens with zero attached hydrogens (tertiary/aromatic N) is 3. The lowest BCUT2D eigenvalue weighted by molar-refractivity contribution is -0.384. The average molecular weight is 442 g/mol. The number of nitrogens with one attached hydrogen (secondary N) is 1. The standard InChI is InChI=1S/C19H14N4O5S2/c24-23(25)14-7-9-15(10-8-14)30(26,27)22-16-5-2-1-4-13(16)12-18-20-19(21-28-18)17-6-3-11-29-17/h1-11,22H,12H2. The highest BCUT2D eigenvalue weighted by Crippen LogP contribution is 2.25. The summed E-state index contributed by atoms with van der Waals surface area (Å²) in [5.41, 5.74) is 0.809. The van der Waals surface area contributed by atoms with Crippen LogP contribution >= 0.6 is 11.3 Å². The third-order valence-electron chi connectivity index (χ3n) is 4.17. The minimum Gasteiger partial charge on any atom is -0.339 e. The summed E-state index contributed by atoms with van der Waals surface area (Å²) in [6, 6.07) is 15.3. The fraction of sp³-hybridized carbons (Fsp3) is 0.0526. The van der Waals surface area contributed by atoms with E-state index in [9.17, 15) is 18.5 Å². The second-order valence-corrected chi connectivity index (χ2v) is 8.81. The van der Waals surface area contributed by atoms with Crippen LogP contribution in [0.5, 0.6) is 0 Å². The van der Waals surface area contributed by atoms with Crippen LogP contribution in [-0.2, 0) is 16.4 Å². The Morgan fingerprint density at radius 1 is 1.07 bits per heavy atom. The molecule has 4 aromatic rings. The molecule has 11 heteroatoms. The first-order chi connectivity index (χ1) is 14.4. The number of thiophene rings is 1. The SMILES string of the molecule is O=[N+]([O-])c1ccc(S(=O)(=O)Nc2ccccc2Cc2nc(-c3cccs3)no2)cc1. The van der Waals surface area contributed by atoms with Crippen molar-refractivity contribution in [3.8, 4) is 10.7 Å². The highest BCUT2D eigenvalue weighted by atomic mass is 32.2. The molecule has 152 valence electrons. The molecule has 0 amide bonds. The molecule has 0 fully saturated rings. The van der Waals surface area contributed by atoms with Gasteiger partial charge in [0.25, 0.3) is 15.7 Å². The zero-order valence-corrected chi connectivity index (χ0v) is 16.9. The predicted octanol–water partition coefficient (Wildman–Crippen LogP) is 4.10. The van der Waals surface area contributed by atoms with Crippen molar-refractivity contribution < 1.29 is 17.9 Å². The van der Waals surface area contributed by atoms with Gasteiger partial charge in [-0.1, -0.05) is 29.4 Å². The van der Waals surface area contributed by atoms with E-state index in [0.29, 0.717) is 23.0 Å². The van der Waals surface area contributed by atoms with Gasteiger partial charge in [0.2, 0.25) is 11.7 Å². The molecule has 0 bridgehead atoms. The van der Waals surface area contributed by atoms with E-state index in [4.69, 9.17) is 4.52 Å². The molecule has 0 spiro atoms. The van der Waals surface area contributed by atoms with Crippen molar-refractivity contribution in [1.82, 2.24) is 10.1 Å². The van der Waals surface area contributed by atoms with E-state index in [-0.39, 0.29) is 17.0 Å². The number of anilines is 1. The van der Waals surface area contributed by atoms with E-state index < -0.39 is 14.9 Å². The Kier molecular flexibility index (Phi) is 5.29. The number of hydrogen-bond donors (Lipinski definition) is 1. The van der Waals surface area contributed by atoms with E-state index in [1.54, 1.807) is 24.3 Å². The van der Waals surface area contributed by atoms with Gasteiger partial charge >= 0.3 is 0 Å². The van der Waals surface area contributed by atoms with E-state index >= 15 is 0 Å². The monoisotopic (exact) mass is 442 g/mol. The molecule has 0 aliphatic heterocycles. The third-order valence-corrected chi connectivity index (χ3v) is 6.42. The summed E-state index contributed by atoms with van der Waals surface area (Å²) in [4.78, 5) is 15.3. The second kappa shape index (κ2) is 8.05. The number of aromatic nitrogens is 2. The van der Waals surface area contributed by atoms with Gasteiger partial charge < -0.3 is 4.52 Å². The molecule has 30 heavy (non-hydrogen) atoms. The van der Waals surface area contributed by atoms with Crippen LogP contribution in [0, 0.1) is 10.1 Å². The molecule has 2 heterocycles. The van der Waals surface area contributed by atoms with Gasteiger partial charge in [0, 0.05) is 12.1 Å². The van der Waals surface area contributed by atoms with Crippen molar-refractivity contribution in [3.05, 3.63) is 87.6 Å². The van der Waals surface area contributed by atoms with Gasteiger partial charge in [-0.05, 0) is 35.2 Å². The van der Waals surface area contributed by atoms with Gasteiger partial charge in [-0.25, -0.2) is 8.42 Å². The predicted molar refractivity (Wildman–Crippen MR) is 111 cm³/mol. The number of para-hydroxylation sites is 1. The number of nitro benzene ring substituents is 1. The number of hydrogen-bond acceptors (Lipinski definition) is 8. The fourth-order valence-corrected chi connectivity index (χ4v) is 4.47. The number of nitro groups is 1. The zero-order valence-electron chi connectivity index (χ0n) is 15.3. The second-order valence-electron chi connectivity index (χ2n) is 6.18. The molecule has 0 aliphatic carbocycles. The lowest BCUT2D eigenvalue weighted by Crippen LogP contribution is -2.14. The zero-order chi connectivity index (χ0) is 21.1. The molecule has 1 N–H and O–H groups in total. The minimum atomic E-state index is -3.94. The number of sulfonamides is 1. The van der Waals surface area contributed by atoms with Crippen molar-refractivity contribution in [1.29, 1.82) is 0 Å². The molecule has 2 aromatic carbocycles. The van der Waals surface area contributed by atoms with Crippen LogP contribution in [0.15, 0.2) is 75.5 Å². The van der Waals surface area contributed by atoms with Crippen LogP contribution < -0.4 is 4.72 Å². The Bertz CT molecular complexity index is 1280. The third kappa shape index (κ3) is 4.21. The molecule has 4 rings (SSSR count). The molecule has 0 saturated heterocycles. The Hall–Kier alpha value is -3.57. The Balaban J connectivity index is 1.56. The summed E-state index contributed by atoms with van der Waals surface area (Å²) in [7, 11) is -3.94. The summed E-state index contributed by atoms with van der Waals surface area (Å²) < 4.78 is 33.3. The van der Waals surface area contributed by atoms with Crippen LogP contribution in [0.1, 0.15) is 11.5 Å². The molecular weight excluding hydrogens is 428 g/mol. The van der Waals surface area contributed by atoms with Crippen LogP contribution in [0.4, 0.5) is 11.4 Å². The molecule has 0 unspecified atom stereocenters. The number of benzene rings is 2. The highest BCUT2D eigenvalue weighted by Gasteiger charge is 2.19. The first-order valence-corrected chi connectivity index (χ1v) is 11.0. The molecule has 0 aliphatic rings. The molecular formula is C19H14N4O5S2. The summed E-state index contributed by atoms with van der Waals surface area (Å²) >= 11 is 1.49. The van der Waals surface area contributed by atoms with Crippen molar-refractivity contribution in [2.75, 3.05) is 4.72 Å². The van der Waals surface area contributed by atoms with Crippen LogP contribution in [0.2, 0.25) is 0 Å². The Labute approximate surface area is 175 Å². The lowest BCUT2D eigenvalue weighted by atomic mass is 10.1. The van der Waals surface area contributed by atoms with Gasteiger partial charge in [-0.15, -0.1) is 11.3 Å². The van der Waals surface area contributed by atoms with Gasteiger partial charge in [0.1, 0.15) is 0 Å². The topological polar surface area (TPSA) is 128 Å². The maximum Gasteiger partial charge on any atom is 0.269 e. The lowest BCUT2D eigenvalue weighted by Gasteiger charge is -2.11. The van der Waals surface area contributed by atoms with Crippen molar-refractivity contribution in [2.45, 2.75) is 11.3 Å². The maximum atomic E-state index is 12.7. The van der Waals surface area contributed by atoms with Gasteiger partial charge in [-0.2, -0.15) is 4.98 Å². The Morgan fingerprint density at radius 2 is 1.83 bits per heavy atom. The highest BCUT2D eigenvalue weighted by molar-refractivity contribution is 7.92. The average Bonchev–Trinajstić information content (AvgIpc) is 3.41. The Morgan fingerprint density at radius 3 is 2.53 bits per heavy atom. The molecule has 0 radical (unpaired) electrons. The number of non-ortho nitro benzene ring substituents is 1. The van der Waals surface area contributed by atoms with Gasteiger partial charge in [0.15, 0.2) is 0 Å². The smallest absolute Gasteiger partial charge is 0.269 e. The van der Waals surface area contributed by atoms with E-state index in [2.05, 4.69) is 14.9 Å². The summed E-state index contributed by atoms with van der Waals surface area (Å²) in [6.45, 7) is 0. The summed E-state index contributed by atoms with van der Waals surface area (Å²) in [5, 5.41) is 16.6. The van der Waals surface area contributed by atoms with Crippen LogP contribution in [0.3, 0.4) is 0 Å². The number of rotatable bonds is 7. The minimum absolute atomic E-state index is 0.0827.